The summed E-state index contributed by atoms with van der Waals surface area (Å²) in [5.41, 5.74) is 1.42. The van der Waals surface area contributed by atoms with Gasteiger partial charge in [0, 0.05) is 37.6 Å². The maximum absolute atomic E-state index is 5.43. The van der Waals surface area contributed by atoms with Gasteiger partial charge in [-0.3, -0.25) is 9.89 Å². The van der Waals surface area contributed by atoms with Crippen molar-refractivity contribution in [2.24, 2.45) is 4.99 Å². The third-order valence-electron chi connectivity index (χ3n) is 4.87. The van der Waals surface area contributed by atoms with Crippen LogP contribution in [0.4, 0.5) is 0 Å². The van der Waals surface area contributed by atoms with Crippen LogP contribution in [0.5, 0.6) is 0 Å². The zero-order valence-electron chi connectivity index (χ0n) is 14.9. The lowest BCUT2D eigenvalue weighted by atomic mass is 10.1. The van der Waals surface area contributed by atoms with Gasteiger partial charge in [-0.05, 0) is 25.8 Å². The molecule has 0 bridgehead atoms. The second-order valence-electron chi connectivity index (χ2n) is 6.72. The lowest BCUT2D eigenvalue weighted by molar-refractivity contribution is 0.0220. The average Bonchev–Trinajstić information content (AvgIpc) is 3.40. The number of aliphatic imine (C=N–C) groups is 1. The van der Waals surface area contributed by atoms with E-state index in [1.54, 1.807) is 0 Å². The first-order valence-electron chi connectivity index (χ1n) is 9.19. The van der Waals surface area contributed by atoms with Gasteiger partial charge in [0.1, 0.15) is 0 Å². The zero-order valence-corrected chi connectivity index (χ0v) is 14.9. The molecule has 1 saturated carbocycles. The summed E-state index contributed by atoms with van der Waals surface area (Å²) >= 11 is 0. The number of benzene rings is 1. The molecular formula is C19H30N4O. The number of nitrogens with zero attached hydrogens (tertiary/aromatic N) is 2. The zero-order chi connectivity index (χ0) is 16.8. The van der Waals surface area contributed by atoms with Crippen LogP contribution in [0, 0.1) is 0 Å². The average molecular weight is 330 g/mol. The van der Waals surface area contributed by atoms with Crippen LogP contribution in [0.1, 0.15) is 31.7 Å². The van der Waals surface area contributed by atoms with Gasteiger partial charge < -0.3 is 15.4 Å². The largest absolute Gasteiger partial charge is 0.379 e. The smallest absolute Gasteiger partial charge is 0.191 e. The van der Waals surface area contributed by atoms with Crippen molar-refractivity contribution in [1.82, 2.24) is 15.5 Å². The Morgan fingerprint density at radius 3 is 2.75 bits per heavy atom. The molecule has 5 nitrogen and oxygen atoms in total. The van der Waals surface area contributed by atoms with E-state index in [2.05, 4.69) is 59.7 Å². The highest BCUT2D eigenvalue weighted by Crippen LogP contribution is 2.40. The molecule has 1 aliphatic carbocycles. The Kier molecular flexibility index (Phi) is 6.10. The minimum atomic E-state index is 0.452. The normalized spacial score (nSPS) is 26.0. The maximum atomic E-state index is 5.43. The summed E-state index contributed by atoms with van der Waals surface area (Å²) in [6.45, 7) is 9.78. The number of nitrogens with one attached hydrogen (secondary N) is 2. The first-order valence-corrected chi connectivity index (χ1v) is 9.19. The maximum Gasteiger partial charge on any atom is 0.191 e. The van der Waals surface area contributed by atoms with E-state index in [4.69, 9.17) is 9.73 Å². The van der Waals surface area contributed by atoms with E-state index >= 15 is 0 Å². The predicted octanol–water partition coefficient (Wildman–Crippen LogP) is 1.82. The number of hydrogen-bond acceptors (Lipinski definition) is 3. The molecule has 0 amide bonds. The van der Waals surface area contributed by atoms with E-state index in [1.807, 2.05) is 0 Å². The molecule has 3 unspecified atom stereocenters. The predicted molar refractivity (Wildman–Crippen MR) is 98.6 cm³/mol. The third kappa shape index (κ3) is 4.71. The van der Waals surface area contributed by atoms with Gasteiger partial charge in [-0.25, -0.2) is 0 Å². The van der Waals surface area contributed by atoms with Crippen LogP contribution in [0.2, 0.25) is 0 Å². The van der Waals surface area contributed by atoms with Gasteiger partial charge in [0.2, 0.25) is 0 Å². The summed E-state index contributed by atoms with van der Waals surface area (Å²) in [6, 6.07) is 11.7. The van der Waals surface area contributed by atoms with Gasteiger partial charge in [-0.1, -0.05) is 30.3 Å². The van der Waals surface area contributed by atoms with Crippen molar-refractivity contribution in [3.8, 4) is 0 Å². The molecule has 2 fully saturated rings. The van der Waals surface area contributed by atoms with Gasteiger partial charge in [-0.2, -0.15) is 0 Å². The summed E-state index contributed by atoms with van der Waals surface area (Å²) in [5, 5.41) is 6.97. The van der Waals surface area contributed by atoms with Crippen LogP contribution in [-0.2, 0) is 4.74 Å². The van der Waals surface area contributed by atoms with Gasteiger partial charge in [0.15, 0.2) is 5.96 Å². The van der Waals surface area contributed by atoms with Crippen molar-refractivity contribution in [3.05, 3.63) is 35.9 Å². The van der Waals surface area contributed by atoms with Crippen LogP contribution in [0.15, 0.2) is 35.3 Å². The van der Waals surface area contributed by atoms with Crippen molar-refractivity contribution in [1.29, 1.82) is 0 Å². The van der Waals surface area contributed by atoms with E-state index in [9.17, 15) is 0 Å². The molecule has 0 aromatic heterocycles. The highest BCUT2D eigenvalue weighted by atomic mass is 16.5. The fraction of sp³-hybridized carbons (Fsp3) is 0.632. The van der Waals surface area contributed by atoms with Gasteiger partial charge >= 0.3 is 0 Å². The summed E-state index contributed by atoms with van der Waals surface area (Å²) in [4.78, 5) is 7.27. The molecule has 5 heteroatoms. The van der Waals surface area contributed by atoms with Crippen molar-refractivity contribution < 1.29 is 4.74 Å². The van der Waals surface area contributed by atoms with Gasteiger partial charge in [0.05, 0.1) is 19.8 Å². The molecule has 3 rings (SSSR count). The number of morpholine rings is 1. The Labute approximate surface area is 145 Å². The van der Waals surface area contributed by atoms with Crippen LogP contribution < -0.4 is 10.6 Å². The Bertz CT molecular complexity index is 527. The number of hydrogen-bond donors (Lipinski definition) is 2. The monoisotopic (exact) mass is 330 g/mol. The topological polar surface area (TPSA) is 48.9 Å². The third-order valence-corrected chi connectivity index (χ3v) is 4.87. The summed E-state index contributed by atoms with van der Waals surface area (Å²) < 4.78 is 5.43. The number of ether oxygens (including phenoxy) is 1. The molecule has 1 heterocycles. The Hall–Kier alpha value is -1.59. The Morgan fingerprint density at radius 2 is 2.04 bits per heavy atom. The minimum Gasteiger partial charge on any atom is -0.379 e. The van der Waals surface area contributed by atoms with E-state index in [1.165, 1.54) is 12.0 Å². The fourth-order valence-corrected chi connectivity index (χ4v) is 3.28. The Morgan fingerprint density at radius 1 is 1.29 bits per heavy atom. The van der Waals surface area contributed by atoms with Crippen molar-refractivity contribution in [3.63, 3.8) is 0 Å². The second-order valence-corrected chi connectivity index (χ2v) is 6.72. The second kappa shape index (κ2) is 8.49. The minimum absolute atomic E-state index is 0.452. The lowest BCUT2D eigenvalue weighted by Gasteiger charge is -2.31. The van der Waals surface area contributed by atoms with E-state index < -0.39 is 0 Å². The van der Waals surface area contributed by atoms with Crippen LogP contribution in [0.25, 0.3) is 0 Å². The number of guanidine groups is 1. The quantitative estimate of drug-likeness (QED) is 0.617. The standard InChI is InChI=1S/C19H30N4O/c1-3-20-19(21-14-15(2)23-9-11-24-12-10-23)22-18-13-17(18)16-7-5-4-6-8-16/h4-8,15,17-18H,3,9-14H2,1-2H3,(H2,20,21,22). The Balaban J connectivity index is 1.51. The molecule has 0 radical (unpaired) electrons. The van der Waals surface area contributed by atoms with Crippen molar-refractivity contribution in [2.45, 2.75) is 38.3 Å². The highest BCUT2D eigenvalue weighted by molar-refractivity contribution is 5.80. The van der Waals surface area contributed by atoms with Crippen molar-refractivity contribution >= 4 is 5.96 Å². The van der Waals surface area contributed by atoms with Crippen LogP contribution in [0.3, 0.4) is 0 Å². The molecule has 132 valence electrons. The molecule has 3 atom stereocenters. The van der Waals surface area contributed by atoms with Crippen molar-refractivity contribution in [2.75, 3.05) is 39.4 Å². The lowest BCUT2D eigenvalue weighted by Crippen LogP contribution is -2.44. The molecule has 1 aliphatic heterocycles. The highest BCUT2D eigenvalue weighted by Gasteiger charge is 2.38. The fourth-order valence-electron chi connectivity index (χ4n) is 3.28. The molecule has 24 heavy (non-hydrogen) atoms. The number of rotatable bonds is 6. The SMILES string of the molecule is CCNC(=NCC(C)N1CCOCC1)NC1CC1c1ccccc1. The molecule has 1 aromatic rings. The summed E-state index contributed by atoms with van der Waals surface area (Å²) in [5.74, 6) is 1.56. The van der Waals surface area contributed by atoms with Gasteiger partial charge in [-0.15, -0.1) is 0 Å². The van der Waals surface area contributed by atoms with Gasteiger partial charge in [0.25, 0.3) is 0 Å². The first kappa shape index (κ1) is 17.2. The molecule has 1 saturated heterocycles. The summed E-state index contributed by atoms with van der Waals surface area (Å²) in [7, 11) is 0. The van der Waals surface area contributed by atoms with Crippen LogP contribution >= 0.6 is 0 Å². The summed E-state index contributed by atoms with van der Waals surface area (Å²) in [6.07, 6.45) is 1.19. The first-order chi connectivity index (χ1) is 11.8. The molecule has 1 aromatic carbocycles. The molecule has 0 spiro atoms. The molecular weight excluding hydrogens is 300 g/mol. The molecule has 2 N–H and O–H groups in total. The molecule has 2 aliphatic rings. The van der Waals surface area contributed by atoms with E-state index in [-0.39, 0.29) is 0 Å². The van der Waals surface area contributed by atoms with E-state index in [0.717, 1.165) is 45.4 Å². The van der Waals surface area contributed by atoms with E-state index in [0.29, 0.717) is 18.0 Å². The van der Waals surface area contributed by atoms with Crippen LogP contribution in [-0.4, -0.2) is 62.3 Å².